The summed E-state index contributed by atoms with van der Waals surface area (Å²) in [7, 11) is 1.90. The summed E-state index contributed by atoms with van der Waals surface area (Å²) in [5.41, 5.74) is 6.39. The number of rotatable bonds is 5. The third-order valence-electron chi connectivity index (χ3n) is 5.09. The van der Waals surface area contributed by atoms with E-state index >= 15 is 0 Å². The van der Waals surface area contributed by atoms with Gasteiger partial charge in [-0.3, -0.25) is 0 Å². The molecule has 1 aliphatic rings. The van der Waals surface area contributed by atoms with Gasteiger partial charge in [0.15, 0.2) is 0 Å². The fourth-order valence-electron chi connectivity index (χ4n) is 3.06. The van der Waals surface area contributed by atoms with E-state index in [1.165, 1.54) is 25.7 Å². The summed E-state index contributed by atoms with van der Waals surface area (Å²) in [6, 6.07) is 0. The molecule has 1 aliphatic carbocycles. The Hall–Kier alpha value is -0.620. The van der Waals surface area contributed by atoms with Crippen LogP contribution in [0.5, 0.6) is 0 Å². The van der Waals surface area contributed by atoms with Crippen molar-refractivity contribution in [3.63, 3.8) is 0 Å². The van der Waals surface area contributed by atoms with Gasteiger partial charge in [-0.05, 0) is 53.5 Å². The number of aromatic nitrogens is 4. The van der Waals surface area contributed by atoms with Gasteiger partial charge in [-0.15, -0.1) is 5.10 Å². The second-order valence-electron chi connectivity index (χ2n) is 6.59. The minimum atomic E-state index is 0.413. The average Bonchev–Trinajstić information content (AvgIpc) is 2.84. The highest BCUT2D eigenvalue weighted by atomic mass is 32.2. The summed E-state index contributed by atoms with van der Waals surface area (Å²) in [5, 5.41) is 13.2. The van der Waals surface area contributed by atoms with Crippen molar-refractivity contribution in [2.24, 2.45) is 30.0 Å². The van der Waals surface area contributed by atoms with Crippen molar-refractivity contribution >= 4 is 11.8 Å². The van der Waals surface area contributed by atoms with Gasteiger partial charge in [0.2, 0.25) is 5.16 Å². The average molecular weight is 297 g/mol. The molecule has 3 atom stereocenters. The van der Waals surface area contributed by atoms with E-state index < -0.39 is 0 Å². The Labute approximate surface area is 126 Å². The van der Waals surface area contributed by atoms with Crippen molar-refractivity contribution in [3.05, 3.63) is 0 Å². The number of hydrogen-bond acceptors (Lipinski definition) is 5. The zero-order chi connectivity index (χ0) is 14.8. The summed E-state index contributed by atoms with van der Waals surface area (Å²) in [6.45, 7) is 7.85. The van der Waals surface area contributed by atoms with Gasteiger partial charge in [-0.1, -0.05) is 39.0 Å². The Morgan fingerprint density at radius 2 is 2.15 bits per heavy atom. The molecule has 2 N–H and O–H groups in total. The topological polar surface area (TPSA) is 69.6 Å². The molecule has 1 aromatic heterocycles. The van der Waals surface area contributed by atoms with Gasteiger partial charge in [-0.25, -0.2) is 4.68 Å². The van der Waals surface area contributed by atoms with Crippen LogP contribution in [0.25, 0.3) is 0 Å². The number of tetrazole rings is 1. The van der Waals surface area contributed by atoms with Crippen LogP contribution in [-0.4, -0.2) is 32.0 Å². The highest BCUT2D eigenvalue weighted by molar-refractivity contribution is 7.99. The number of hydrogen-bond donors (Lipinski definition) is 1. The Morgan fingerprint density at radius 3 is 2.70 bits per heavy atom. The molecule has 20 heavy (non-hydrogen) atoms. The quantitative estimate of drug-likeness (QED) is 0.904. The summed E-state index contributed by atoms with van der Waals surface area (Å²) in [6.07, 6.45) is 4.98. The van der Waals surface area contributed by atoms with Gasteiger partial charge in [0.05, 0.1) is 0 Å². The number of nitrogens with two attached hydrogens (primary N) is 1. The number of thioether (sulfide) groups is 1. The Balaban J connectivity index is 2.09. The lowest BCUT2D eigenvalue weighted by molar-refractivity contribution is 0.134. The van der Waals surface area contributed by atoms with E-state index in [0.717, 1.165) is 17.6 Å². The molecule has 0 saturated heterocycles. The monoisotopic (exact) mass is 297 g/mol. The van der Waals surface area contributed by atoms with Gasteiger partial charge in [-0.2, -0.15) is 0 Å². The first kappa shape index (κ1) is 15.8. The van der Waals surface area contributed by atoms with Crippen molar-refractivity contribution < 1.29 is 0 Å². The number of aryl methyl sites for hydroxylation is 1. The molecule has 0 aliphatic heterocycles. The Bertz CT molecular complexity index is 431. The predicted octanol–water partition coefficient (Wildman–Crippen LogP) is 2.48. The molecule has 0 aromatic carbocycles. The molecule has 1 aromatic rings. The lowest BCUT2D eigenvalue weighted by Crippen LogP contribution is -2.37. The molecule has 0 spiro atoms. The molecule has 1 saturated carbocycles. The fourth-order valence-corrected chi connectivity index (χ4v) is 4.37. The normalized spacial score (nSPS) is 27.8. The van der Waals surface area contributed by atoms with Gasteiger partial charge in [0, 0.05) is 12.3 Å². The smallest absolute Gasteiger partial charge is 0.209 e. The van der Waals surface area contributed by atoms with Gasteiger partial charge < -0.3 is 5.73 Å². The molecular weight excluding hydrogens is 270 g/mol. The lowest BCUT2D eigenvalue weighted by atomic mass is 9.67. The van der Waals surface area contributed by atoms with Crippen LogP contribution in [0, 0.1) is 17.3 Å². The third kappa shape index (κ3) is 3.34. The van der Waals surface area contributed by atoms with Crippen LogP contribution >= 0.6 is 11.8 Å². The predicted molar refractivity (Wildman–Crippen MR) is 82.4 cm³/mol. The third-order valence-corrected chi connectivity index (χ3v) is 6.52. The molecule has 5 nitrogen and oxygen atoms in total. The highest BCUT2D eigenvalue weighted by Gasteiger charge is 2.37. The molecule has 1 fully saturated rings. The molecule has 0 amide bonds. The van der Waals surface area contributed by atoms with Gasteiger partial charge in [0.25, 0.3) is 0 Å². The molecular formula is C14H27N5S. The van der Waals surface area contributed by atoms with Crippen LogP contribution < -0.4 is 5.73 Å². The van der Waals surface area contributed by atoms with Crippen molar-refractivity contribution in [2.45, 2.75) is 56.9 Å². The second kappa shape index (κ2) is 6.43. The molecule has 114 valence electrons. The lowest BCUT2D eigenvalue weighted by Gasteiger charge is -2.42. The van der Waals surface area contributed by atoms with Crippen LogP contribution in [0.4, 0.5) is 0 Å². The zero-order valence-corrected chi connectivity index (χ0v) is 13.9. The van der Waals surface area contributed by atoms with E-state index in [1.807, 2.05) is 18.8 Å². The molecule has 0 bridgehead atoms. The largest absolute Gasteiger partial charge is 0.330 e. The Kier molecular flexibility index (Phi) is 5.07. The number of nitrogens with zero attached hydrogens (tertiary/aromatic N) is 4. The minimum absolute atomic E-state index is 0.413. The van der Waals surface area contributed by atoms with E-state index in [2.05, 4.69) is 36.3 Å². The molecule has 2 rings (SSSR count). The van der Waals surface area contributed by atoms with Crippen LogP contribution in [0.2, 0.25) is 0 Å². The van der Waals surface area contributed by atoms with Crippen LogP contribution in [0.3, 0.4) is 0 Å². The van der Waals surface area contributed by atoms with E-state index in [4.69, 9.17) is 5.73 Å². The fraction of sp³-hybridized carbons (Fsp3) is 0.929. The van der Waals surface area contributed by atoms with Crippen molar-refractivity contribution in [1.29, 1.82) is 0 Å². The van der Waals surface area contributed by atoms with Crippen molar-refractivity contribution in [2.75, 3.05) is 6.54 Å². The van der Waals surface area contributed by atoms with Crippen LogP contribution in [-0.2, 0) is 7.05 Å². The second-order valence-corrected chi connectivity index (χ2v) is 7.80. The van der Waals surface area contributed by atoms with Crippen molar-refractivity contribution in [3.8, 4) is 0 Å². The van der Waals surface area contributed by atoms with Gasteiger partial charge >= 0.3 is 0 Å². The summed E-state index contributed by atoms with van der Waals surface area (Å²) in [4.78, 5) is 0. The van der Waals surface area contributed by atoms with E-state index in [9.17, 15) is 0 Å². The molecule has 3 unspecified atom stereocenters. The summed E-state index contributed by atoms with van der Waals surface area (Å²) in [5.74, 6) is 1.36. The van der Waals surface area contributed by atoms with E-state index in [-0.39, 0.29) is 0 Å². The van der Waals surface area contributed by atoms with Crippen molar-refractivity contribution in [1.82, 2.24) is 20.2 Å². The van der Waals surface area contributed by atoms with Crippen LogP contribution in [0.15, 0.2) is 5.16 Å². The maximum atomic E-state index is 5.98. The SMILES string of the molecule is CCC(C)(C)C1CCC(CN)C(Sc2nnnn2C)C1. The molecule has 6 heteroatoms. The minimum Gasteiger partial charge on any atom is -0.330 e. The zero-order valence-electron chi connectivity index (χ0n) is 13.0. The summed E-state index contributed by atoms with van der Waals surface area (Å²) >= 11 is 1.81. The molecule has 0 radical (unpaired) electrons. The maximum Gasteiger partial charge on any atom is 0.209 e. The standard InChI is InChI=1S/C14H27N5S/c1-5-14(2,3)11-7-6-10(9-15)12(8-11)20-13-16-17-18-19(13)4/h10-12H,5-9,15H2,1-4H3. The van der Waals surface area contributed by atoms with E-state index in [0.29, 0.717) is 16.6 Å². The summed E-state index contributed by atoms with van der Waals surface area (Å²) < 4.78 is 1.76. The highest BCUT2D eigenvalue weighted by Crippen LogP contribution is 2.46. The van der Waals surface area contributed by atoms with Crippen LogP contribution in [0.1, 0.15) is 46.5 Å². The first-order valence-electron chi connectivity index (χ1n) is 7.57. The first-order valence-corrected chi connectivity index (χ1v) is 8.45. The van der Waals surface area contributed by atoms with E-state index in [1.54, 1.807) is 4.68 Å². The molecule has 1 heterocycles. The maximum absolute atomic E-state index is 5.98. The van der Waals surface area contributed by atoms with Gasteiger partial charge in [0.1, 0.15) is 0 Å². The Morgan fingerprint density at radius 1 is 1.40 bits per heavy atom. The first-order chi connectivity index (χ1) is 9.47.